The van der Waals surface area contributed by atoms with Crippen LogP contribution in [0.2, 0.25) is 0 Å². The van der Waals surface area contributed by atoms with Crippen molar-refractivity contribution in [3.05, 3.63) is 53.4 Å². The molecule has 0 saturated carbocycles. The molecule has 0 fully saturated rings. The van der Waals surface area contributed by atoms with E-state index in [9.17, 15) is 13.2 Å². The maximum absolute atomic E-state index is 12.4. The van der Waals surface area contributed by atoms with Crippen molar-refractivity contribution in [2.24, 2.45) is 0 Å². The Morgan fingerprint density at radius 1 is 1.10 bits per heavy atom. The molecule has 1 amide bonds. The molecule has 0 saturated heterocycles. The number of carbonyl (C=O) groups excluding carboxylic acids is 1. The standard InChI is InChI=1S/C22H22N2O5S2/c1-14(2)31(26,27)17-6-3-15(4-7-17)11-21(25)24-22-23-18(13-30-22)16-5-8-19-20(12-16)29-10-9-28-19/h3-8,12-14H,9-11H2,1-2H3,(H,23,24,25). The zero-order valence-corrected chi connectivity index (χ0v) is 18.8. The summed E-state index contributed by atoms with van der Waals surface area (Å²) in [4.78, 5) is 17.2. The van der Waals surface area contributed by atoms with Gasteiger partial charge in [0.05, 0.1) is 22.3 Å². The fourth-order valence-corrected chi connectivity index (χ4v) is 4.88. The molecule has 3 aromatic rings. The van der Waals surface area contributed by atoms with E-state index >= 15 is 0 Å². The van der Waals surface area contributed by atoms with Crippen LogP contribution in [0.3, 0.4) is 0 Å². The van der Waals surface area contributed by atoms with Gasteiger partial charge in [0.2, 0.25) is 5.91 Å². The van der Waals surface area contributed by atoms with E-state index in [0.29, 0.717) is 29.8 Å². The minimum Gasteiger partial charge on any atom is -0.486 e. The molecule has 0 radical (unpaired) electrons. The molecule has 2 heterocycles. The number of aromatic nitrogens is 1. The van der Waals surface area contributed by atoms with E-state index in [1.54, 1.807) is 38.1 Å². The van der Waals surface area contributed by atoms with Crippen LogP contribution in [-0.4, -0.2) is 37.8 Å². The van der Waals surface area contributed by atoms with E-state index in [0.717, 1.165) is 16.8 Å². The summed E-state index contributed by atoms with van der Waals surface area (Å²) in [6, 6.07) is 12.0. The van der Waals surface area contributed by atoms with Gasteiger partial charge in [0.1, 0.15) is 13.2 Å². The number of rotatable bonds is 6. The van der Waals surface area contributed by atoms with Gasteiger partial charge in [0.25, 0.3) is 0 Å². The number of fused-ring (bicyclic) bond motifs is 1. The maximum atomic E-state index is 12.4. The van der Waals surface area contributed by atoms with E-state index in [1.165, 1.54) is 11.3 Å². The molecule has 162 valence electrons. The van der Waals surface area contributed by atoms with Crippen molar-refractivity contribution in [1.82, 2.24) is 4.98 Å². The fourth-order valence-electron chi connectivity index (χ4n) is 3.08. The number of nitrogens with one attached hydrogen (secondary N) is 1. The first-order chi connectivity index (χ1) is 14.8. The first kappa shape index (κ1) is 21.3. The summed E-state index contributed by atoms with van der Waals surface area (Å²) in [6.07, 6.45) is 0.126. The first-order valence-corrected chi connectivity index (χ1v) is 12.2. The number of hydrogen-bond acceptors (Lipinski definition) is 7. The molecule has 1 aliphatic heterocycles. The van der Waals surface area contributed by atoms with Crippen LogP contribution in [-0.2, 0) is 21.1 Å². The quantitative estimate of drug-likeness (QED) is 0.601. The first-order valence-electron chi connectivity index (χ1n) is 9.81. The molecule has 9 heteroatoms. The Morgan fingerprint density at radius 3 is 2.52 bits per heavy atom. The van der Waals surface area contributed by atoms with Gasteiger partial charge in [-0.2, -0.15) is 0 Å². The van der Waals surface area contributed by atoms with Crippen molar-refractivity contribution in [3.63, 3.8) is 0 Å². The molecule has 1 aliphatic rings. The highest BCUT2D eigenvalue weighted by Crippen LogP contribution is 2.35. The second-order valence-corrected chi connectivity index (χ2v) is 10.7. The van der Waals surface area contributed by atoms with Crippen LogP contribution in [0.15, 0.2) is 52.7 Å². The molecular formula is C22H22N2O5S2. The van der Waals surface area contributed by atoms with Crippen molar-refractivity contribution >= 4 is 32.2 Å². The topological polar surface area (TPSA) is 94.6 Å². The lowest BCUT2D eigenvalue weighted by Crippen LogP contribution is -2.15. The molecule has 0 atom stereocenters. The van der Waals surface area contributed by atoms with Crippen LogP contribution in [0.4, 0.5) is 5.13 Å². The molecule has 1 aromatic heterocycles. The normalized spacial score (nSPS) is 13.3. The fraction of sp³-hybridized carbons (Fsp3) is 0.273. The number of sulfone groups is 1. The van der Waals surface area contributed by atoms with E-state index in [2.05, 4.69) is 10.3 Å². The molecule has 1 N–H and O–H groups in total. The highest BCUT2D eigenvalue weighted by molar-refractivity contribution is 7.92. The summed E-state index contributed by atoms with van der Waals surface area (Å²) in [7, 11) is -3.33. The monoisotopic (exact) mass is 458 g/mol. The number of anilines is 1. The van der Waals surface area contributed by atoms with Gasteiger partial charge in [-0.25, -0.2) is 13.4 Å². The minimum absolute atomic E-state index is 0.126. The molecule has 0 unspecified atom stereocenters. The lowest BCUT2D eigenvalue weighted by atomic mass is 10.1. The summed E-state index contributed by atoms with van der Waals surface area (Å²) in [5.41, 5.74) is 2.34. The van der Waals surface area contributed by atoms with Gasteiger partial charge >= 0.3 is 0 Å². The van der Waals surface area contributed by atoms with Gasteiger partial charge in [-0.1, -0.05) is 12.1 Å². The Bertz CT molecular complexity index is 1200. The predicted molar refractivity (Wildman–Crippen MR) is 120 cm³/mol. The number of benzene rings is 2. The Kier molecular flexibility index (Phi) is 5.97. The van der Waals surface area contributed by atoms with Crippen LogP contribution in [0.1, 0.15) is 19.4 Å². The van der Waals surface area contributed by atoms with E-state index in [4.69, 9.17) is 9.47 Å². The third-order valence-electron chi connectivity index (χ3n) is 4.83. The van der Waals surface area contributed by atoms with Crippen molar-refractivity contribution in [3.8, 4) is 22.8 Å². The number of thiazole rings is 1. The number of carbonyl (C=O) groups is 1. The molecule has 2 aromatic carbocycles. The lowest BCUT2D eigenvalue weighted by molar-refractivity contribution is -0.115. The average molecular weight is 459 g/mol. The summed E-state index contributed by atoms with van der Waals surface area (Å²) < 4.78 is 35.6. The molecular weight excluding hydrogens is 436 g/mol. The summed E-state index contributed by atoms with van der Waals surface area (Å²) >= 11 is 1.34. The molecule has 0 bridgehead atoms. The van der Waals surface area contributed by atoms with Crippen LogP contribution in [0.5, 0.6) is 11.5 Å². The summed E-state index contributed by atoms with van der Waals surface area (Å²) in [5, 5.41) is 4.67. The van der Waals surface area contributed by atoms with Gasteiger partial charge in [-0.3, -0.25) is 4.79 Å². The van der Waals surface area contributed by atoms with Crippen molar-refractivity contribution in [2.45, 2.75) is 30.4 Å². The van der Waals surface area contributed by atoms with Gasteiger partial charge in [0, 0.05) is 10.9 Å². The number of amides is 1. The van der Waals surface area contributed by atoms with E-state index < -0.39 is 15.1 Å². The molecule has 7 nitrogen and oxygen atoms in total. The Balaban J connectivity index is 1.40. The van der Waals surface area contributed by atoms with E-state index in [-0.39, 0.29) is 17.2 Å². The second kappa shape index (κ2) is 8.68. The zero-order valence-electron chi connectivity index (χ0n) is 17.1. The third-order valence-corrected chi connectivity index (χ3v) is 7.75. The second-order valence-electron chi connectivity index (χ2n) is 7.36. The molecule has 31 heavy (non-hydrogen) atoms. The third kappa shape index (κ3) is 4.72. The van der Waals surface area contributed by atoms with Crippen LogP contribution < -0.4 is 14.8 Å². The van der Waals surface area contributed by atoms with Gasteiger partial charge in [0.15, 0.2) is 26.5 Å². The Hall–Kier alpha value is -2.91. The van der Waals surface area contributed by atoms with Crippen LogP contribution in [0, 0.1) is 0 Å². The maximum Gasteiger partial charge on any atom is 0.230 e. The predicted octanol–water partition coefficient (Wildman–Crippen LogP) is 3.94. The largest absolute Gasteiger partial charge is 0.486 e. The van der Waals surface area contributed by atoms with Crippen LogP contribution >= 0.6 is 11.3 Å². The Labute approximate surface area is 185 Å². The molecule has 4 rings (SSSR count). The summed E-state index contributed by atoms with van der Waals surface area (Å²) in [5.74, 6) is 1.18. The highest BCUT2D eigenvalue weighted by Gasteiger charge is 2.19. The van der Waals surface area contributed by atoms with Gasteiger partial charge in [-0.05, 0) is 49.7 Å². The Morgan fingerprint density at radius 2 is 1.81 bits per heavy atom. The highest BCUT2D eigenvalue weighted by atomic mass is 32.2. The van der Waals surface area contributed by atoms with Crippen molar-refractivity contribution < 1.29 is 22.7 Å². The van der Waals surface area contributed by atoms with E-state index in [1.807, 2.05) is 23.6 Å². The number of hydrogen-bond donors (Lipinski definition) is 1. The minimum atomic E-state index is -3.33. The van der Waals surface area contributed by atoms with Gasteiger partial charge in [-0.15, -0.1) is 11.3 Å². The molecule has 0 aliphatic carbocycles. The summed E-state index contributed by atoms with van der Waals surface area (Å²) in [6.45, 7) is 4.34. The number of nitrogens with zero attached hydrogens (tertiary/aromatic N) is 1. The zero-order chi connectivity index (χ0) is 22.0. The lowest BCUT2D eigenvalue weighted by Gasteiger charge is -2.18. The van der Waals surface area contributed by atoms with Crippen molar-refractivity contribution in [1.29, 1.82) is 0 Å². The molecule has 0 spiro atoms. The van der Waals surface area contributed by atoms with Crippen LogP contribution in [0.25, 0.3) is 11.3 Å². The number of ether oxygens (including phenoxy) is 2. The van der Waals surface area contributed by atoms with Gasteiger partial charge < -0.3 is 14.8 Å². The van der Waals surface area contributed by atoms with Crippen molar-refractivity contribution in [2.75, 3.05) is 18.5 Å². The average Bonchev–Trinajstić information content (AvgIpc) is 3.22. The SMILES string of the molecule is CC(C)S(=O)(=O)c1ccc(CC(=O)Nc2nc(-c3ccc4c(c3)OCCO4)cs2)cc1. The smallest absolute Gasteiger partial charge is 0.230 e.